The van der Waals surface area contributed by atoms with E-state index in [0.29, 0.717) is 6.54 Å². The summed E-state index contributed by atoms with van der Waals surface area (Å²) < 4.78 is 0. The van der Waals surface area contributed by atoms with Gasteiger partial charge in [0.15, 0.2) is 0 Å². The zero-order chi connectivity index (χ0) is 8.81. The molecular formula is C8H16N2O2. The lowest BCUT2D eigenvalue weighted by molar-refractivity contribution is -0.156. The maximum atomic E-state index is 11.2. The quantitative estimate of drug-likeness (QED) is 0.591. The second kappa shape index (κ2) is 5.11. The van der Waals surface area contributed by atoms with Crippen molar-refractivity contribution >= 4 is 5.97 Å². The molecule has 2 N–H and O–H groups in total. The fourth-order valence-corrected chi connectivity index (χ4v) is 1.28. The Hall–Kier alpha value is -0.610. The molecular weight excluding hydrogens is 156 g/mol. The third kappa shape index (κ3) is 2.79. The van der Waals surface area contributed by atoms with Gasteiger partial charge < -0.3 is 10.2 Å². The molecule has 1 saturated heterocycles. The molecule has 12 heavy (non-hydrogen) atoms. The molecule has 0 spiro atoms. The van der Waals surface area contributed by atoms with Crippen LogP contribution in [0.4, 0.5) is 0 Å². The lowest BCUT2D eigenvalue weighted by atomic mass is 10.0. The molecule has 70 valence electrons. The van der Waals surface area contributed by atoms with Crippen molar-refractivity contribution in [3.63, 3.8) is 0 Å². The number of hydroxylamine groups is 1. The predicted molar refractivity (Wildman–Crippen MR) is 45.4 cm³/mol. The van der Waals surface area contributed by atoms with Crippen LogP contribution >= 0.6 is 0 Å². The van der Waals surface area contributed by atoms with E-state index in [1.54, 1.807) is 0 Å². The van der Waals surface area contributed by atoms with Crippen LogP contribution in [-0.4, -0.2) is 25.6 Å². The van der Waals surface area contributed by atoms with E-state index in [2.05, 4.69) is 10.8 Å². The van der Waals surface area contributed by atoms with Gasteiger partial charge in [-0.25, -0.2) is 0 Å². The van der Waals surface area contributed by atoms with Crippen molar-refractivity contribution in [3.05, 3.63) is 0 Å². The van der Waals surface area contributed by atoms with Crippen LogP contribution in [-0.2, 0) is 9.63 Å². The van der Waals surface area contributed by atoms with Gasteiger partial charge in [-0.15, -0.1) is 0 Å². The van der Waals surface area contributed by atoms with Crippen molar-refractivity contribution < 1.29 is 9.63 Å². The Morgan fingerprint density at radius 1 is 1.75 bits per heavy atom. The summed E-state index contributed by atoms with van der Waals surface area (Å²) in [5.74, 6) is -0.0955. The second-order valence-corrected chi connectivity index (χ2v) is 2.96. The van der Waals surface area contributed by atoms with Crippen molar-refractivity contribution in [2.75, 3.05) is 19.6 Å². The van der Waals surface area contributed by atoms with Crippen molar-refractivity contribution in [2.45, 2.75) is 19.8 Å². The Bertz CT molecular complexity index is 144. The average molecular weight is 172 g/mol. The van der Waals surface area contributed by atoms with Crippen LogP contribution in [0.3, 0.4) is 0 Å². The fraction of sp³-hybridized carbons (Fsp3) is 0.875. The second-order valence-electron chi connectivity index (χ2n) is 2.96. The van der Waals surface area contributed by atoms with Gasteiger partial charge in [0.2, 0.25) is 0 Å². The highest BCUT2D eigenvalue weighted by molar-refractivity contribution is 5.72. The van der Waals surface area contributed by atoms with E-state index in [-0.39, 0.29) is 11.9 Å². The molecule has 1 atom stereocenters. The van der Waals surface area contributed by atoms with Crippen LogP contribution < -0.4 is 10.8 Å². The average Bonchev–Trinajstić information content (AvgIpc) is 2.15. The first-order valence-electron chi connectivity index (χ1n) is 4.49. The highest BCUT2D eigenvalue weighted by Gasteiger charge is 2.22. The molecule has 1 aliphatic heterocycles. The van der Waals surface area contributed by atoms with Gasteiger partial charge in [-0.2, -0.15) is 5.48 Å². The van der Waals surface area contributed by atoms with Gasteiger partial charge in [0.05, 0.1) is 5.92 Å². The van der Waals surface area contributed by atoms with Gasteiger partial charge >= 0.3 is 5.97 Å². The largest absolute Gasteiger partial charge is 0.370 e. The fourth-order valence-electron chi connectivity index (χ4n) is 1.28. The first-order chi connectivity index (χ1) is 5.84. The predicted octanol–water partition coefficient (Wildman–Crippen LogP) is 0.0537. The number of piperidine rings is 1. The van der Waals surface area contributed by atoms with E-state index in [1.807, 2.05) is 6.92 Å². The van der Waals surface area contributed by atoms with E-state index >= 15 is 0 Å². The Labute approximate surface area is 72.6 Å². The third-order valence-corrected chi connectivity index (χ3v) is 1.95. The van der Waals surface area contributed by atoms with E-state index in [9.17, 15) is 4.79 Å². The number of carbonyl (C=O) groups excluding carboxylic acids is 1. The van der Waals surface area contributed by atoms with Gasteiger partial charge in [0.25, 0.3) is 0 Å². The molecule has 0 saturated carbocycles. The van der Waals surface area contributed by atoms with Crippen LogP contribution in [0.15, 0.2) is 0 Å². The molecule has 1 aliphatic rings. The lowest BCUT2D eigenvalue weighted by Gasteiger charge is -2.20. The number of hydrogen-bond acceptors (Lipinski definition) is 4. The summed E-state index contributed by atoms with van der Waals surface area (Å²) in [6, 6.07) is 0. The molecule has 4 heteroatoms. The van der Waals surface area contributed by atoms with Gasteiger partial charge in [-0.1, -0.05) is 0 Å². The third-order valence-electron chi connectivity index (χ3n) is 1.95. The Morgan fingerprint density at radius 2 is 2.58 bits per heavy atom. The smallest absolute Gasteiger partial charge is 0.329 e. The van der Waals surface area contributed by atoms with Gasteiger partial charge in [0.1, 0.15) is 0 Å². The van der Waals surface area contributed by atoms with E-state index in [4.69, 9.17) is 4.84 Å². The molecule has 0 aromatic rings. The Morgan fingerprint density at radius 3 is 3.17 bits per heavy atom. The summed E-state index contributed by atoms with van der Waals surface area (Å²) in [6.07, 6.45) is 2.00. The molecule has 0 amide bonds. The minimum Gasteiger partial charge on any atom is -0.370 e. The van der Waals surface area contributed by atoms with Crippen molar-refractivity contribution in [1.29, 1.82) is 0 Å². The molecule has 0 radical (unpaired) electrons. The van der Waals surface area contributed by atoms with Crippen LogP contribution in [0.2, 0.25) is 0 Å². The van der Waals surface area contributed by atoms with E-state index in [1.165, 1.54) is 0 Å². The van der Waals surface area contributed by atoms with Gasteiger partial charge in [-0.3, -0.25) is 4.79 Å². The van der Waals surface area contributed by atoms with Crippen LogP contribution in [0.1, 0.15) is 19.8 Å². The molecule has 4 nitrogen and oxygen atoms in total. The molecule has 0 aromatic heterocycles. The number of hydrogen-bond donors (Lipinski definition) is 2. The van der Waals surface area contributed by atoms with Gasteiger partial charge in [-0.05, 0) is 26.3 Å². The van der Waals surface area contributed by atoms with Crippen LogP contribution in [0, 0.1) is 5.92 Å². The Kier molecular flexibility index (Phi) is 4.04. The standard InChI is InChI=1S/C8H16N2O2/c1-2-10-12-8(11)7-4-3-5-9-6-7/h7,9-10H,2-6H2,1H3. The highest BCUT2D eigenvalue weighted by atomic mass is 16.7. The minimum atomic E-state index is -0.135. The number of carbonyl (C=O) groups is 1. The Balaban J connectivity index is 2.20. The zero-order valence-electron chi connectivity index (χ0n) is 7.43. The van der Waals surface area contributed by atoms with Crippen LogP contribution in [0.5, 0.6) is 0 Å². The number of nitrogens with one attached hydrogen (secondary N) is 2. The maximum absolute atomic E-state index is 11.2. The van der Waals surface area contributed by atoms with Crippen LogP contribution in [0.25, 0.3) is 0 Å². The van der Waals surface area contributed by atoms with Crippen molar-refractivity contribution in [2.24, 2.45) is 5.92 Å². The van der Waals surface area contributed by atoms with E-state index < -0.39 is 0 Å². The molecule has 1 unspecified atom stereocenters. The molecule has 0 aliphatic carbocycles. The van der Waals surface area contributed by atoms with Crippen molar-refractivity contribution in [3.8, 4) is 0 Å². The highest BCUT2D eigenvalue weighted by Crippen LogP contribution is 2.10. The summed E-state index contributed by atoms with van der Waals surface area (Å²) in [6.45, 7) is 4.33. The maximum Gasteiger partial charge on any atom is 0.329 e. The first kappa shape index (κ1) is 9.48. The molecule has 1 fully saturated rings. The summed E-state index contributed by atoms with van der Waals surface area (Å²) in [5.41, 5.74) is 2.57. The topological polar surface area (TPSA) is 50.4 Å². The van der Waals surface area contributed by atoms with Gasteiger partial charge in [0, 0.05) is 13.1 Å². The molecule has 0 bridgehead atoms. The summed E-state index contributed by atoms with van der Waals surface area (Å²) >= 11 is 0. The van der Waals surface area contributed by atoms with E-state index in [0.717, 1.165) is 25.9 Å². The number of rotatable bonds is 3. The monoisotopic (exact) mass is 172 g/mol. The molecule has 1 heterocycles. The summed E-state index contributed by atoms with van der Waals surface area (Å²) in [4.78, 5) is 16.0. The normalized spacial score (nSPS) is 23.6. The summed E-state index contributed by atoms with van der Waals surface area (Å²) in [5, 5.41) is 3.16. The lowest BCUT2D eigenvalue weighted by Crippen LogP contribution is -2.37. The molecule has 0 aromatic carbocycles. The first-order valence-corrected chi connectivity index (χ1v) is 4.49. The molecule has 1 rings (SSSR count). The SMILES string of the molecule is CCNOC(=O)C1CCCNC1. The summed E-state index contributed by atoms with van der Waals surface area (Å²) in [7, 11) is 0. The zero-order valence-corrected chi connectivity index (χ0v) is 7.43. The minimum absolute atomic E-state index is 0.0396. The van der Waals surface area contributed by atoms with Crippen molar-refractivity contribution in [1.82, 2.24) is 10.8 Å².